The van der Waals surface area contributed by atoms with Crippen molar-refractivity contribution in [3.8, 4) is 16.9 Å². The predicted octanol–water partition coefficient (Wildman–Crippen LogP) is 5.73. The first-order valence-corrected chi connectivity index (χ1v) is 13.8. The van der Waals surface area contributed by atoms with Crippen LogP contribution in [0.5, 0.6) is 5.75 Å². The lowest BCUT2D eigenvalue weighted by atomic mass is 9.67. The molecule has 2 aromatic carbocycles. The van der Waals surface area contributed by atoms with Gasteiger partial charge >= 0.3 is 5.97 Å². The molecule has 1 heterocycles. The molecular weight excluding hydrogens is 476 g/mol. The van der Waals surface area contributed by atoms with Crippen LogP contribution in [0.25, 0.3) is 11.1 Å². The Hall–Kier alpha value is -3.67. The van der Waals surface area contributed by atoms with Gasteiger partial charge in [0.25, 0.3) is 0 Å². The number of fused-ring (bicyclic) bond motifs is 2. The lowest BCUT2D eigenvalue weighted by Crippen LogP contribution is -2.32. The van der Waals surface area contributed by atoms with Crippen molar-refractivity contribution in [3.63, 3.8) is 0 Å². The van der Waals surface area contributed by atoms with Crippen molar-refractivity contribution < 1.29 is 19.4 Å². The SMILES string of the molecule is O=C(CCCOc1ccc2c(c1)C1(CC2)CCC(C(=O)O)CC1)NCCc1cccc(-c2cccnc2)c1. The van der Waals surface area contributed by atoms with E-state index in [-0.39, 0.29) is 17.2 Å². The van der Waals surface area contributed by atoms with E-state index >= 15 is 0 Å². The average Bonchev–Trinajstić information content (AvgIpc) is 3.29. The maximum absolute atomic E-state index is 12.3. The van der Waals surface area contributed by atoms with Crippen LogP contribution in [0.1, 0.15) is 61.6 Å². The number of aliphatic carboxylic acids is 1. The number of nitrogens with zero attached hydrogens (tertiary/aromatic N) is 1. The molecule has 2 aliphatic carbocycles. The van der Waals surface area contributed by atoms with Gasteiger partial charge < -0.3 is 15.2 Å². The molecule has 198 valence electrons. The van der Waals surface area contributed by atoms with Crippen molar-refractivity contribution in [2.45, 2.75) is 63.2 Å². The summed E-state index contributed by atoms with van der Waals surface area (Å²) in [6.07, 6.45) is 11.0. The minimum absolute atomic E-state index is 0.0418. The van der Waals surface area contributed by atoms with Crippen LogP contribution in [0, 0.1) is 5.92 Å². The third kappa shape index (κ3) is 6.07. The molecule has 0 bridgehead atoms. The summed E-state index contributed by atoms with van der Waals surface area (Å²) in [7, 11) is 0. The van der Waals surface area contributed by atoms with E-state index in [2.05, 4.69) is 40.6 Å². The van der Waals surface area contributed by atoms with Gasteiger partial charge in [-0.25, -0.2) is 0 Å². The first-order chi connectivity index (χ1) is 18.5. The number of carbonyl (C=O) groups is 2. The van der Waals surface area contributed by atoms with E-state index in [4.69, 9.17) is 4.74 Å². The van der Waals surface area contributed by atoms with Gasteiger partial charge in [-0.1, -0.05) is 36.4 Å². The van der Waals surface area contributed by atoms with Gasteiger partial charge in [0.05, 0.1) is 12.5 Å². The van der Waals surface area contributed by atoms with E-state index in [1.54, 1.807) is 6.20 Å². The van der Waals surface area contributed by atoms with Gasteiger partial charge in [-0.3, -0.25) is 14.6 Å². The largest absolute Gasteiger partial charge is 0.494 e. The van der Waals surface area contributed by atoms with Crippen LogP contribution in [0.2, 0.25) is 0 Å². The highest BCUT2D eigenvalue weighted by Gasteiger charge is 2.43. The molecule has 0 radical (unpaired) electrons. The van der Waals surface area contributed by atoms with Gasteiger partial charge in [0.2, 0.25) is 5.91 Å². The van der Waals surface area contributed by atoms with E-state index in [0.717, 1.165) is 61.8 Å². The van der Waals surface area contributed by atoms with Gasteiger partial charge in [-0.15, -0.1) is 0 Å². The van der Waals surface area contributed by atoms with Crippen LogP contribution < -0.4 is 10.1 Å². The molecule has 1 spiro atoms. The fourth-order valence-corrected chi connectivity index (χ4v) is 6.10. The van der Waals surface area contributed by atoms with Crippen molar-refractivity contribution >= 4 is 11.9 Å². The lowest BCUT2D eigenvalue weighted by Gasteiger charge is -2.37. The summed E-state index contributed by atoms with van der Waals surface area (Å²) in [4.78, 5) is 27.9. The van der Waals surface area contributed by atoms with Crippen molar-refractivity contribution in [1.29, 1.82) is 0 Å². The molecule has 1 fully saturated rings. The first-order valence-electron chi connectivity index (χ1n) is 13.8. The summed E-state index contributed by atoms with van der Waals surface area (Å²) in [6, 6.07) is 18.7. The zero-order valence-corrected chi connectivity index (χ0v) is 21.8. The van der Waals surface area contributed by atoms with Crippen LogP contribution in [0.3, 0.4) is 0 Å². The standard InChI is InChI=1S/C32H36N2O4/c35-30(34-18-13-23-4-1-5-26(20-23)27-6-2-17-33-22-27)7-3-19-38-28-9-8-24-10-14-32(29(24)21-28)15-11-25(12-16-32)31(36)37/h1-2,4-6,8-9,17,20-22,25H,3,7,10-16,18-19H2,(H,34,35)(H,36,37). The molecule has 38 heavy (non-hydrogen) atoms. The number of hydrogen-bond acceptors (Lipinski definition) is 4. The van der Waals surface area contributed by atoms with Crippen molar-refractivity contribution in [3.05, 3.63) is 83.7 Å². The molecule has 0 saturated heterocycles. The van der Waals surface area contributed by atoms with Crippen LogP contribution in [0.15, 0.2) is 67.0 Å². The minimum atomic E-state index is -0.658. The molecule has 0 atom stereocenters. The predicted molar refractivity (Wildman–Crippen MR) is 147 cm³/mol. The number of nitrogens with one attached hydrogen (secondary N) is 1. The summed E-state index contributed by atoms with van der Waals surface area (Å²) >= 11 is 0. The van der Waals surface area contributed by atoms with Gasteiger partial charge in [0, 0.05) is 25.4 Å². The third-order valence-electron chi connectivity index (χ3n) is 8.29. The Labute approximate surface area is 224 Å². The Kier molecular flexibility index (Phi) is 8.06. The van der Waals surface area contributed by atoms with Crippen LogP contribution >= 0.6 is 0 Å². The fraction of sp³-hybridized carbons (Fsp3) is 0.406. The molecule has 1 saturated carbocycles. The van der Waals surface area contributed by atoms with E-state index in [1.165, 1.54) is 16.7 Å². The molecule has 6 nitrogen and oxygen atoms in total. The first kappa shape index (κ1) is 26.0. The molecule has 2 aliphatic rings. The number of carboxylic acid groups (broad SMARTS) is 1. The quantitative estimate of drug-likeness (QED) is 0.339. The average molecular weight is 513 g/mol. The Morgan fingerprint density at radius 2 is 1.87 bits per heavy atom. The fourth-order valence-electron chi connectivity index (χ4n) is 6.10. The number of aryl methyl sites for hydroxylation is 1. The van der Waals surface area contributed by atoms with E-state index in [9.17, 15) is 14.7 Å². The molecule has 6 heteroatoms. The van der Waals surface area contributed by atoms with Crippen molar-refractivity contribution in [2.75, 3.05) is 13.2 Å². The van der Waals surface area contributed by atoms with Gasteiger partial charge in [0.1, 0.15) is 5.75 Å². The molecule has 2 N–H and O–H groups in total. The van der Waals surface area contributed by atoms with E-state index in [1.807, 2.05) is 30.5 Å². The summed E-state index contributed by atoms with van der Waals surface area (Å²) in [5.41, 5.74) is 6.23. The second-order valence-corrected chi connectivity index (χ2v) is 10.7. The van der Waals surface area contributed by atoms with Crippen LogP contribution in [-0.2, 0) is 27.8 Å². The number of benzene rings is 2. The Balaban J connectivity index is 1.04. The second kappa shape index (κ2) is 11.8. The summed E-state index contributed by atoms with van der Waals surface area (Å²) < 4.78 is 6.02. The Morgan fingerprint density at radius 1 is 1.03 bits per heavy atom. The maximum Gasteiger partial charge on any atom is 0.306 e. The summed E-state index contributed by atoms with van der Waals surface area (Å²) in [5.74, 6) is 0.0286. The number of rotatable bonds is 10. The van der Waals surface area contributed by atoms with Gasteiger partial charge in [-0.05, 0) is 103 Å². The van der Waals surface area contributed by atoms with Crippen LogP contribution in [0.4, 0.5) is 0 Å². The number of carboxylic acids is 1. The molecule has 0 aliphatic heterocycles. The summed E-state index contributed by atoms with van der Waals surface area (Å²) in [5, 5.41) is 12.4. The number of carbonyl (C=O) groups excluding carboxylic acids is 1. The molecule has 1 amide bonds. The normalized spacial score (nSPS) is 20.2. The highest BCUT2D eigenvalue weighted by molar-refractivity contribution is 5.75. The van der Waals surface area contributed by atoms with Crippen molar-refractivity contribution in [2.24, 2.45) is 5.92 Å². The topological polar surface area (TPSA) is 88.5 Å². The molecule has 5 rings (SSSR count). The number of hydrogen-bond donors (Lipinski definition) is 2. The zero-order valence-electron chi connectivity index (χ0n) is 21.8. The maximum atomic E-state index is 12.3. The minimum Gasteiger partial charge on any atom is -0.494 e. The lowest BCUT2D eigenvalue weighted by molar-refractivity contribution is -0.143. The zero-order chi connectivity index (χ0) is 26.4. The number of amides is 1. The highest BCUT2D eigenvalue weighted by atomic mass is 16.5. The van der Waals surface area contributed by atoms with E-state index in [0.29, 0.717) is 26.0 Å². The van der Waals surface area contributed by atoms with E-state index < -0.39 is 5.97 Å². The highest BCUT2D eigenvalue weighted by Crippen LogP contribution is 2.50. The Bertz CT molecular complexity index is 1270. The number of ether oxygens (including phenoxy) is 1. The third-order valence-corrected chi connectivity index (χ3v) is 8.29. The second-order valence-electron chi connectivity index (χ2n) is 10.7. The summed E-state index contributed by atoms with van der Waals surface area (Å²) in [6.45, 7) is 1.10. The number of pyridine rings is 1. The van der Waals surface area contributed by atoms with Crippen LogP contribution in [-0.4, -0.2) is 35.1 Å². The molecule has 3 aromatic rings. The van der Waals surface area contributed by atoms with Gasteiger partial charge in [-0.2, -0.15) is 0 Å². The molecular formula is C32H36N2O4. The van der Waals surface area contributed by atoms with Crippen molar-refractivity contribution in [1.82, 2.24) is 10.3 Å². The molecule has 0 unspecified atom stereocenters. The molecule has 1 aromatic heterocycles. The monoisotopic (exact) mass is 512 g/mol. The smallest absolute Gasteiger partial charge is 0.306 e. The Morgan fingerprint density at radius 3 is 2.66 bits per heavy atom. The number of aromatic nitrogens is 1. The van der Waals surface area contributed by atoms with Gasteiger partial charge in [0.15, 0.2) is 0 Å².